The van der Waals surface area contributed by atoms with Gasteiger partial charge in [0.25, 0.3) is 5.91 Å². The minimum absolute atomic E-state index is 0.00528. The monoisotopic (exact) mass is 319 g/mol. The SMILES string of the molecule is O=Cc1cccc(NC(=O)c2ccc(Br)c(O)c2)c1. The van der Waals surface area contributed by atoms with E-state index < -0.39 is 0 Å². The summed E-state index contributed by atoms with van der Waals surface area (Å²) in [7, 11) is 0. The lowest BCUT2D eigenvalue weighted by atomic mass is 10.2. The van der Waals surface area contributed by atoms with Gasteiger partial charge in [0.15, 0.2) is 0 Å². The van der Waals surface area contributed by atoms with Crippen molar-refractivity contribution in [3.63, 3.8) is 0 Å². The third-order valence-corrected chi connectivity index (χ3v) is 3.16. The lowest BCUT2D eigenvalue weighted by Crippen LogP contribution is -2.11. The molecule has 0 spiro atoms. The number of aldehydes is 1. The lowest BCUT2D eigenvalue weighted by Gasteiger charge is -2.06. The van der Waals surface area contributed by atoms with Crippen LogP contribution >= 0.6 is 15.9 Å². The normalized spacial score (nSPS) is 9.95. The number of hydrogen-bond donors (Lipinski definition) is 2. The van der Waals surface area contributed by atoms with Gasteiger partial charge in [0, 0.05) is 16.8 Å². The maximum atomic E-state index is 12.0. The van der Waals surface area contributed by atoms with Gasteiger partial charge in [-0.25, -0.2) is 0 Å². The standard InChI is InChI=1S/C14H10BrNO3/c15-12-5-4-10(7-13(12)18)14(19)16-11-3-1-2-9(6-11)8-17/h1-8,18H,(H,16,19). The molecule has 2 N–H and O–H groups in total. The van der Waals surface area contributed by atoms with Crippen molar-refractivity contribution in [2.75, 3.05) is 5.32 Å². The van der Waals surface area contributed by atoms with E-state index in [4.69, 9.17) is 0 Å². The van der Waals surface area contributed by atoms with Crippen LogP contribution in [0.5, 0.6) is 5.75 Å². The molecule has 0 bridgehead atoms. The number of aromatic hydroxyl groups is 1. The molecule has 0 saturated carbocycles. The Morgan fingerprint density at radius 1 is 1.21 bits per heavy atom. The average Bonchev–Trinajstić information content (AvgIpc) is 2.42. The molecule has 1 amide bonds. The Balaban J connectivity index is 2.20. The second-order valence-corrected chi connectivity index (χ2v) is 4.72. The number of hydrogen-bond acceptors (Lipinski definition) is 3. The maximum absolute atomic E-state index is 12.0. The Bertz CT molecular complexity index is 640. The van der Waals surface area contributed by atoms with Gasteiger partial charge >= 0.3 is 0 Å². The first-order valence-electron chi connectivity index (χ1n) is 5.45. The van der Waals surface area contributed by atoms with Crippen molar-refractivity contribution in [3.8, 4) is 5.75 Å². The molecule has 4 nitrogen and oxygen atoms in total. The molecule has 0 heterocycles. The van der Waals surface area contributed by atoms with Gasteiger partial charge in [-0.1, -0.05) is 12.1 Å². The van der Waals surface area contributed by atoms with Gasteiger partial charge in [0.05, 0.1) is 4.47 Å². The first kappa shape index (κ1) is 13.3. The van der Waals surface area contributed by atoms with Crippen molar-refractivity contribution >= 4 is 33.8 Å². The highest BCUT2D eigenvalue weighted by atomic mass is 79.9. The second kappa shape index (κ2) is 5.67. The van der Waals surface area contributed by atoms with Crippen LogP contribution in [0.15, 0.2) is 46.9 Å². The van der Waals surface area contributed by atoms with Crippen LogP contribution in [-0.4, -0.2) is 17.3 Å². The Labute approximate surface area is 118 Å². The van der Waals surface area contributed by atoms with Crippen LogP contribution in [0.25, 0.3) is 0 Å². The molecule has 2 aromatic rings. The van der Waals surface area contributed by atoms with Crippen LogP contribution in [0.2, 0.25) is 0 Å². The van der Waals surface area contributed by atoms with Gasteiger partial charge in [0.2, 0.25) is 0 Å². The van der Waals surface area contributed by atoms with Gasteiger partial charge in [-0.3, -0.25) is 9.59 Å². The number of rotatable bonds is 3. The summed E-state index contributed by atoms with van der Waals surface area (Å²) in [5, 5.41) is 12.2. The molecular formula is C14H10BrNO3. The molecule has 5 heteroatoms. The predicted molar refractivity (Wildman–Crippen MR) is 75.6 cm³/mol. The summed E-state index contributed by atoms with van der Waals surface area (Å²) in [6.07, 6.45) is 0.709. The third kappa shape index (κ3) is 3.20. The van der Waals surface area contributed by atoms with Crippen LogP contribution in [0.4, 0.5) is 5.69 Å². The Morgan fingerprint density at radius 2 is 2.00 bits per heavy atom. The highest BCUT2D eigenvalue weighted by Gasteiger charge is 2.08. The number of carbonyl (C=O) groups excluding carboxylic acids is 2. The van der Waals surface area contributed by atoms with E-state index in [0.29, 0.717) is 27.6 Å². The summed E-state index contributed by atoms with van der Waals surface area (Å²) in [5.41, 5.74) is 1.34. The molecule has 0 aromatic heterocycles. The minimum atomic E-state index is -0.356. The van der Waals surface area contributed by atoms with Crippen molar-refractivity contribution in [2.24, 2.45) is 0 Å². The summed E-state index contributed by atoms with van der Waals surface area (Å²) in [4.78, 5) is 22.6. The van der Waals surface area contributed by atoms with Crippen molar-refractivity contribution in [1.82, 2.24) is 0 Å². The van der Waals surface area contributed by atoms with E-state index in [1.807, 2.05) is 0 Å². The molecule has 0 radical (unpaired) electrons. The molecule has 0 aliphatic heterocycles. The molecule has 0 atom stereocenters. The number of halogens is 1. The summed E-state index contributed by atoms with van der Waals surface area (Å²) in [5.74, 6) is -0.361. The van der Waals surface area contributed by atoms with Crippen LogP contribution in [-0.2, 0) is 0 Å². The molecular weight excluding hydrogens is 310 g/mol. The predicted octanol–water partition coefficient (Wildman–Crippen LogP) is 3.22. The van der Waals surface area contributed by atoms with E-state index in [1.54, 1.807) is 36.4 Å². The molecule has 0 unspecified atom stereocenters. The summed E-state index contributed by atoms with van der Waals surface area (Å²) >= 11 is 3.14. The van der Waals surface area contributed by atoms with E-state index >= 15 is 0 Å². The lowest BCUT2D eigenvalue weighted by molar-refractivity contribution is 0.102. The number of nitrogens with one attached hydrogen (secondary N) is 1. The number of amides is 1. The molecule has 96 valence electrons. The highest BCUT2D eigenvalue weighted by Crippen LogP contribution is 2.24. The topological polar surface area (TPSA) is 66.4 Å². The van der Waals surface area contributed by atoms with Crippen molar-refractivity contribution in [1.29, 1.82) is 0 Å². The van der Waals surface area contributed by atoms with E-state index in [9.17, 15) is 14.7 Å². The smallest absolute Gasteiger partial charge is 0.255 e. The zero-order chi connectivity index (χ0) is 13.8. The quantitative estimate of drug-likeness (QED) is 0.854. The second-order valence-electron chi connectivity index (χ2n) is 3.86. The van der Waals surface area contributed by atoms with Crippen LogP contribution in [0.3, 0.4) is 0 Å². The number of anilines is 1. The van der Waals surface area contributed by atoms with Crippen molar-refractivity contribution in [2.45, 2.75) is 0 Å². The van der Waals surface area contributed by atoms with E-state index in [0.717, 1.165) is 0 Å². The van der Waals surface area contributed by atoms with Gasteiger partial charge in [-0.15, -0.1) is 0 Å². The fraction of sp³-hybridized carbons (Fsp3) is 0. The molecule has 0 aliphatic rings. The Hall–Kier alpha value is -2.14. The molecule has 0 saturated heterocycles. The zero-order valence-corrected chi connectivity index (χ0v) is 11.3. The largest absolute Gasteiger partial charge is 0.507 e. The van der Waals surface area contributed by atoms with E-state index in [1.165, 1.54) is 6.07 Å². The minimum Gasteiger partial charge on any atom is -0.507 e. The molecule has 2 rings (SSSR count). The van der Waals surface area contributed by atoms with Crippen molar-refractivity contribution < 1.29 is 14.7 Å². The number of phenolic OH excluding ortho intramolecular Hbond substituents is 1. The molecule has 0 fully saturated rings. The zero-order valence-electron chi connectivity index (χ0n) is 9.76. The van der Waals surface area contributed by atoms with E-state index in [-0.39, 0.29) is 11.7 Å². The third-order valence-electron chi connectivity index (χ3n) is 2.49. The fourth-order valence-corrected chi connectivity index (χ4v) is 1.79. The molecule has 0 aliphatic carbocycles. The number of carbonyl (C=O) groups is 2. The fourth-order valence-electron chi connectivity index (χ4n) is 1.55. The molecule has 19 heavy (non-hydrogen) atoms. The van der Waals surface area contributed by atoms with Crippen molar-refractivity contribution in [3.05, 3.63) is 58.1 Å². The summed E-state index contributed by atoms with van der Waals surface area (Å²) < 4.78 is 0.520. The average molecular weight is 320 g/mol. The van der Waals surface area contributed by atoms with E-state index in [2.05, 4.69) is 21.2 Å². The summed E-state index contributed by atoms with van der Waals surface area (Å²) in [6, 6.07) is 11.1. The van der Waals surface area contributed by atoms with Gasteiger partial charge in [-0.05, 0) is 46.3 Å². The highest BCUT2D eigenvalue weighted by molar-refractivity contribution is 9.10. The maximum Gasteiger partial charge on any atom is 0.255 e. The van der Waals surface area contributed by atoms with Crippen LogP contribution < -0.4 is 5.32 Å². The van der Waals surface area contributed by atoms with Crippen LogP contribution in [0, 0.1) is 0 Å². The Kier molecular flexibility index (Phi) is 3.97. The van der Waals surface area contributed by atoms with Gasteiger partial charge in [-0.2, -0.15) is 0 Å². The van der Waals surface area contributed by atoms with Crippen LogP contribution in [0.1, 0.15) is 20.7 Å². The number of phenols is 1. The van der Waals surface area contributed by atoms with Gasteiger partial charge < -0.3 is 10.4 Å². The summed E-state index contributed by atoms with van der Waals surface area (Å²) in [6.45, 7) is 0. The Morgan fingerprint density at radius 3 is 2.68 bits per heavy atom. The molecule has 2 aromatic carbocycles. The first-order chi connectivity index (χ1) is 9.10. The number of benzene rings is 2. The van der Waals surface area contributed by atoms with Gasteiger partial charge in [0.1, 0.15) is 12.0 Å². The first-order valence-corrected chi connectivity index (χ1v) is 6.24.